The topological polar surface area (TPSA) is 81.9 Å². The summed E-state index contributed by atoms with van der Waals surface area (Å²) >= 11 is 0. The Kier molecular flexibility index (Phi) is 4.70. The average molecular weight is 318 g/mol. The maximum absolute atomic E-state index is 13.8. The first-order valence-electron chi connectivity index (χ1n) is 6.57. The highest BCUT2D eigenvalue weighted by atomic mass is 32.2. The Bertz CT molecular complexity index is 592. The molecular formula is C13H19FN2O4S. The van der Waals surface area contributed by atoms with Crippen molar-refractivity contribution in [2.24, 2.45) is 0 Å². The highest BCUT2D eigenvalue weighted by Crippen LogP contribution is 2.30. The zero-order valence-corrected chi connectivity index (χ0v) is 12.8. The molecule has 0 saturated carbocycles. The Hall–Kier alpha value is -1.38. The summed E-state index contributed by atoms with van der Waals surface area (Å²) in [6, 6.07) is 2.11. The first-order chi connectivity index (χ1) is 9.86. The third-order valence-corrected chi connectivity index (χ3v) is 5.24. The van der Waals surface area contributed by atoms with Crippen molar-refractivity contribution in [2.75, 3.05) is 33.0 Å². The fourth-order valence-corrected chi connectivity index (χ4v) is 3.56. The Labute approximate surface area is 123 Å². The zero-order chi connectivity index (χ0) is 15.6. The van der Waals surface area contributed by atoms with Gasteiger partial charge in [0.05, 0.1) is 23.8 Å². The number of halogens is 1. The second-order valence-electron chi connectivity index (χ2n) is 4.95. The number of nitrogens with zero attached hydrogens (tertiary/aromatic N) is 1. The molecule has 118 valence electrons. The van der Waals surface area contributed by atoms with E-state index in [9.17, 15) is 12.8 Å². The quantitative estimate of drug-likeness (QED) is 0.825. The number of hydrogen-bond acceptors (Lipinski definition) is 5. The number of benzene rings is 1. The van der Waals surface area contributed by atoms with Crippen molar-refractivity contribution in [3.05, 3.63) is 17.9 Å². The molecule has 21 heavy (non-hydrogen) atoms. The number of ether oxygens (including phenoxy) is 2. The second kappa shape index (κ2) is 6.17. The van der Waals surface area contributed by atoms with E-state index in [1.165, 1.54) is 20.2 Å². The lowest BCUT2D eigenvalue weighted by atomic mass is 10.2. The largest absolute Gasteiger partial charge is 0.492 e. The number of rotatable bonds is 5. The first-order valence-corrected chi connectivity index (χ1v) is 8.01. The van der Waals surface area contributed by atoms with Crippen LogP contribution < -0.4 is 10.5 Å². The third-order valence-electron chi connectivity index (χ3n) is 3.44. The van der Waals surface area contributed by atoms with Crippen LogP contribution in [0.4, 0.5) is 10.1 Å². The lowest BCUT2D eigenvalue weighted by Gasteiger charge is -2.21. The summed E-state index contributed by atoms with van der Waals surface area (Å²) < 4.78 is 50.0. The number of hydrogen-bond donors (Lipinski definition) is 1. The Morgan fingerprint density at radius 3 is 2.76 bits per heavy atom. The van der Waals surface area contributed by atoms with Crippen LogP contribution in [0.1, 0.15) is 12.8 Å². The van der Waals surface area contributed by atoms with E-state index >= 15 is 0 Å². The summed E-state index contributed by atoms with van der Waals surface area (Å²) in [5.74, 6) is -0.961. The Balaban J connectivity index is 2.26. The molecule has 1 aromatic carbocycles. The summed E-state index contributed by atoms with van der Waals surface area (Å²) in [5.41, 5.74) is 5.57. The smallest absolute Gasteiger partial charge is 0.243 e. The molecule has 8 heteroatoms. The van der Waals surface area contributed by atoms with E-state index in [0.717, 1.165) is 23.2 Å². The van der Waals surface area contributed by atoms with Crippen LogP contribution >= 0.6 is 0 Å². The van der Waals surface area contributed by atoms with Gasteiger partial charge in [0.2, 0.25) is 10.0 Å². The standard InChI is InChI=1S/C13H19FN2O4S/c1-16(8-9-4-3-5-20-9)21(17,18)10-6-11(14)13(19-2)12(15)7-10/h6-7,9H,3-5,8,15H2,1-2H3. The lowest BCUT2D eigenvalue weighted by molar-refractivity contribution is 0.0979. The second-order valence-corrected chi connectivity index (χ2v) is 6.99. The molecule has 6 nitrogen and oxygen atoms in total. The third kappa shape index (κ3) is 3.28. The van der Waals surface area contributed by atoms with Crippen molar-refractivity contribution in [3.63, 3.8) is 0 Å². The minimum atomic E-state index is -3.82. The highest BCUT2D eigenvalue weighted by molar-refractivity contribution is 7.89. The number of likely N-dealkylation sites (N-methyl/N-ethyl adjacent to an activating group) is 1. The molecule has 1 fully saturated rings. The molecule has 1 aliphatic rings. The fourth-order valence-electron chi connectivity index (χ4n) is 2.31. The molecular weight excluding hydrogens is 299 g/mol. The number of methoxy groups -OCH3 is 1. The van der Waals surface area contributed by atoms with Crippen LogP contribution in [0, 0.1) is 5.82 Å². The predicted molar refractivity (Wildman–Crippen MR) is 76.2 cm³/mol. The molecule has 1 aromatic rings. The van der Waals surface area contributed by atoms with E-state index < -0.39 is 15.8 Å². The predicted octanol–water partition coefficient (Wildman–Crippen LogP) is 1.22. The van der Waals surface area contributed by atoms with Crippen molar-refractivity contribution >= 4 is 15.7 Å². The van der Waals surface area contributed by atoms with Crippen molar-refractivity contribution in [2.45, 2.75) is 23.8 Å². The highest BCUT2D eigenvalue weighted by Gasteiger charge is 2.27. The van der Waals surface area contributed by atoms with Crippen molar-refractivity contribution in [1.82, 2.24) is 4.31 Å². The van der Waals surface area contributed by atoms with Gasteiger partial charge in [-0.3, -0.25) is 0 Å². The SMILES string of the molecule is COc1c(N)cc(S(=O)(=O)N(C)CC2CCCO2)cc1F. The minimum absolute atomic E-state index is 0.0541. The fraction of sp³-hybridized carbons (Fsp3) is 0.538. The van der Waals surface area contributed by atoms with Crippen LogP contribution in [0.5, 0.6) is 5.75 Å². The Morgan fingerprint density at radius 2 is 2.24 bits per heavy atom. The van der Waals surface area contributed by atoms with Crippen LogP contribution in [0.2, 0.25) is 0 Å². The monoisotopic (exact) mass is 318 g/mol. The summed E-state index contributed by atoms with van der Waals surface area (Å²) in [6.07, 6.45) is 1.62. The van der Waals surface area contributed by atoms with E-state index in [2.05, 4.69) is 0 Å². The number of sulfonamides is 1. The van der Waals surface area contributed by atoms with Gasteiger partial charge in [-0.25, -0.2) is 12.8 Å². The number of nitrogens with two attached hydrogens (primary N) is 1. The van der Waals surface area contributed by atoms with Crippen LogP contribution in [0.15, 0.2) is 17.0 Å². The van der Waals surface area contributed by atoms with E-state index in [-0.39, 0.29) is 29.0 Å². The zero-order valence-electron chi connectivity index (χ0n) is 12.0. The molecule has 1 heterocycles. The van der Waals surface area contributed by atoms with Crippen LogP contribution in [-0.4, -0.2) is 46.1 Å². The molecule has 1 atom stereocenters. The molecule has 0 aliphatic carbocycles. The number of anilines is 1. The summed E-state index contributed by atoms with van der Waals surface area (Å²) in [5, 5.41) is 0. The molecule has 2 N–H and O–H groups in total. The summed E-state index contributed by atoms with van der Waals surface area (Å²) in [7, 11) is -1.11. The molecule has 1 saturated heterocycles. The van der Waals surface area contributed by atoms with E-state index in [1.54, 1.807) is 0 Å². The molecule has 0 radical (unpaired) electrons. The van der Waals surface area contributed by atoms with E-state index in [4.69, 9.17) is 15.2 Å². The first kappa shape index (κ1) is 16.0. The maximum atomic E-state index is 13.8. The van der Waals surface area contributed by atoms with Gasteiger partial charge in [0.25, 0.3) is 0 Å². The van der Waals surface area contributed by atoms with Gasteiger partial charge >= 0.3 is 0 Å². The van der Waals surface area contributed by atoms with Crippen molar-refractivity contribution in [3.8, 4) is 5.75 Å². The average Bonchev–Trinajstić information content (AvgIpc) is 2.91. The van der Waals surface area contributed by atoms with Crippen LogP contribution in [0.25, 0.3) is 0 Å². The van der Waals surface area contributed by atoms with Gasteiger partial charge in [0.1, 0.15) is 0 Å². The van der Waals surface area contributed by atoms with E-state index in [0.29, 0.717) is 6.61 Å². The maximum Gasteiger partial charge on any atom is 0.243 e. The van der Waals surface area contributed by atoms with Gasteiger partial charge in [-0.2, -0.15) is 4.31 Å². The van der Waals surface area contributed by atoms with Gasteiger partial charge in [-0.15, -0.1) is 0 Å². The van der Waals surface area contributed by atoms with Gasteiger partial charge in [-0.1, -0.05) is 0 Å². The number of nitrogen functional groups attached to an aromatic ring is 1. The van der Waals surface area contributed by atoms with Gasteiger partial charge in [-0.05, 0) is 25.0 Å². The van der Waals surface area contributed by atoms with Crippen molar-refractivity contribution < 1.29 is 22.3 Å². The molecule has 1 aliphatic heterocycles. The molecule has 0 amide bonds. The van der Waals surface area contributed by atoms with E-state index in [1.807, 2.05) is 0 Å². The van der Waals surface area contributed by atoms with Gasteiger partial charge in [0.15, 0.2) is 11.6 Å². The van der Waals surface area contributed by atoms with Gasteiger partial charge in [0, 0.05) is 20.2 Å². The summed E-state index contributed by atoms with van der Waals surface area (Å²) in [6.45, 7) is 0.874. The van der Waals surface area contributed by atoms with Crippen LogP contribution in [0.3, 0.4) is 0 Å². The van der Waals surface area contributed by atoms with Crippen molar-refractivity contribution in [1.29, 1.82) is 0 Å². The normalized spacial score (nSPS) is 19.1. The minimum Gasteiger partial charge on any atom is -0.492 e. The molecule has 0 spiro atoms. The Morgan fingerprint density at radius 1 is 1.52 bits per heavy atom. The molecule has 0 aromatic heterocycles. The molecule has 1 unspecified atom stereocenters. The summed E-state index contributed by atoms with van der Waals surface area (Å²) in [4.78, 5) is -0.196. The lowest BCUT2D eigenvalue weighted by Crippen LogP contribution is -2.34. The molecule has 0 bridgehead atoms. The molecule has 2 rings (SSSR count). The van der Waals surface area contributed by atoms with Gasteiger partial charge < -0.3 is 15.2 Å². The van der Waals surface area contributed by atoms with Crippen LogP contribution in [-0.2, 0) is 14.8 Å².